The Labute approximate surface area is 284 Å². The first-order valence-corrected chi connectivity index (χ1v) is 19.0. The van der Waals surface area contributed by atoms with Crippen molar-refractivity contribution < 1.29 is 38.1 Å². The lowest BCUT2D eigenvalue weighted by atomic mass is 10.2. The molecule has 0 fully saturated rings. The number of carbonyl (C=O) groups excluding carboxylic acids is 2. The maximum Gasteiger partial charge on any atom is 0.306 e. The minimum Gasteiger partial charge on any atom is -0.462 e. The summed E-state index contributed by atoms with van der Waals surface area (Å²) in [7, 11) is 0.982. The van der Waals surface area contributed by atoms with E-state index in [-0.39, 0.29) is 36.6 Å². The first-order chi connectivity index (χ1) is 22.6. The van der Waals surface area contributed by atoms with Crippen LogP contribution in [0.25, 0.3) is 0 Å². The molecule has 9 nitrogen and oxygen atoms in total. The third-order valence-electron chi connectivity index (χ3n) is 8.09. The maximum atomic E-state index is 12.5. The van der Waals surface area contributed by atoms with Crippen LogP contribution in [0, 0.1) is 0 Å². The van der Waals surface area contributed by atoms with Crippen LogP contribution in [-0.4, -0.2) is 103 Å². The summed E-state index contributed by atoms with van der Waals surface area (Å²) in [5, 5.41) is 11.4. The van der Waals surface area contributed by atoms with Gasteiger partial charge in [-0.1, -0.05) is 94.3 Å². The molecule has 2 rings (SSSR count). The number of nitrogens with zero attached hydrogens (tertiary/aromatic N) is 1. The molecule has 1 atom stereocenters. The van der Waals surface area contributed by atoms with E-state index in [2.05, 4.69) is 69.3 Å². The summed E-state index contributed by atoms with van der Waals surface area (Å²) in [4.78, 5) is 26.9. The molecule has 1 N–H and O–H groups in total. The average Bonchev–Trinajstić information content (AvgIpc) is 3.05. The van der Waals surface area contributed by atoms with E-state index in [1.807, 2.05) is 24.1 Å². The summed E-state index contributed by atoms with van der Waals surface area (Å²) in [5.74, 6) is -0.619. The number of benzene rings is 2. The molecule has 0 spiro atoms. The molecule has 0 aromatic heterocycles. The summed E-state index contributed by atoms with van der Waals surface area (Å²) in [6.07, 6.45) is 4.59. The second-order valence-electron chi connectivity index (χ2n) is 13.0. The van der Waals surface area contributed by atoms with E-state index in [1.165, 1.54) is 10.4 Å². The van der Waals surface area contributed by atoms with Gasteiger partial charge in [0.15, 0.2) is 0 Å². The Balaban J connectivity index is 1.89. The number of methoxy groups -OCH3 is 1. The molecule has 0 aliphatic heterocycles. The van der Waals surface area contributed by atoms with E-state index in [4.69, 9.17) is 28.5 Å². The van der Waals surface area contributed by atoms with Crippen LogP contribution in [0.4, 0.5) is 0 Å². The highest BCUT2D eigenvalue weighted by Crippen LogP contribution is 2.36. The Hall–Kier alpha value is -2.60. The third kappa shape index (κ3) is 15.0. The second-order valence-corrected chi connectivity index (χ2v) is 17.3. The van der Waals surface area contributed by atoms with Gasteiger partial charge < -0.3 is 33.4 Å². The van der Waals surface area contributed by atoms with Gasteiger partial charge in [-0.2, -0.15) is 0 Å². The summed E-state index contributed by atoms with van der Waals surface area (Å²) >= 11 is 0. The number of aliphatic hydroxyl groups excluding tert-OH is 1. The molecular formula is C37H59NO8Si. The van der Waals surface area contributed by atoms with Crippen molar-refractivity contribution >= 4 is 30.6 Å². The molecule has 10 heteroatoms. The Morgan fingerprint density at radius 2 is 1.38 bits per heavy atom. The quantitative estimate of drug-likeness (QED) is 0.0911. The summed E-state index contributed by atoms with van der Waals surface area (Å²) < 4.78 is 29.2. The van der Waals surface area contributed by atoms with Gasteiger partial charge in [0, 0.05) is 46.3 Å². The van der Waals surface area contributed by atoms with Gasteiger partial charge in [-0.25, -0.2) is 0 Å². The van der Waals surface area contributed by atoms with Crippen LogP contribution in [0.15, 0.2) is 60.7 Å². The molecule has 0 bridgehead atoms. The molecule has 0 aliphatic rings. The van der Waals surface area contributed by atoms with Crippen molar-refractivity contribution in [3.05, 3.63) is 60.7 Å². The van der Waals surface area contributed by atoms with Gasteiger partial charge >= 0.3 is 11.9 Å². The van der Waals surface area contributed by atoms with Crippen LogP contribution in [0.1, 0.15) is 72.1 Å². The number of ether oxygens (including phenoxy) is 4. The van der Waals surface area contributed by atoms with Gasteiger partial charge in [0.2, 0.25) is 0 Å². The molecule has 47 heavy (non-hydrogen) atoms. The lowest BCUT2D eigenvalue weighted by Gasteiger charge is -2.43. The van der Waals surface area contributed by atoms with Crippen molar-refractivity contribution in [2.75, 3.05) is 66.9 Å². The van der Waals surface area contributed by atoms with Gasteiger partial charge in [0.25, 0.3) is 8.32 Å². The average molecular weight is 674 g/mol. The van der Waals surface area contributed by atoms with Gasteiger partial charge in [0.1, 0.15) is 12.7 Å². The summed E-state index contributed by atoms with van der Waals surface area (Å²) in [6, 6.07) is 21.1. The zero-order valence-electron chi connectivity index (χ0n) is 29.4. The molecule has 264 valence electrons. The van der Waals surface area contributed by atoms with E-state index < -0.39 is 14.4 Å². The molecule has 0 radical (unpaired) electrons. The van der Waals surface area contributed by atoms with Gasteiger partial charge in [-0.05, 0) is 48.1 Å². The predicted octanol–water partition coefficient (Wildman–Crippen LogP) is 4.73. The van der Waals surface area contributed by atoms with Gasteiger partial charge in [-0.3, -0.25) is 9.59 Å². The molecule has 0 heterocycles. The number of unbranched alkanes of at least 4 members (excludes halogenated alkanes) is 4. The fourth-order valence-corrected chi connectivity index (χ4v) is 10.2. The van der Waals surface area contributed by atoms with Gasteiger partial charge in [0.05, 0.1) is 19.8 Å². The van der Waals surface area contributed by atoms with E-state index in [9.17, 15) is 9.59 Å². The van der Waals surface area contributed by atoms with Crippen molar-refractivity contribution in [2.45, 2.75) is 83.3 Å². The number of aliphatic hydroxyl groups is 1. The molecule has 1 unspecified atom stereocenters. The zero-order chi connectivity index (χ0) is 34.4. The number of likely N-dealkylation sites (N-methyl/N-ethyl adjacent to an activating group) is 1. The minimum absolute atomic E-state index is 0.0107. The molecule has 2 aromatic carbocycles. The maximum absolute atomic E-state index is 12.5. The standard InChI is InChI=1S/C37H59NO8Si/c1-37(2,3)47(33-18-10-6-11-19-33,34-20-12-7-13-21-34)45-29-28-43-27-24-38(4)30-32(46-36(41)23-14-8-16-25-39)31-44-35(40)22-15-9-17-26-42-5/h6-7,10-13,18-21,32,39H,8-9,14-17,22-31H2,1-5H3. The van der Waals surface area contributed by atoms with Crippen molar-refractivity contribution in [1.82, 2.24) is 4.90 Å². The van der Waals surface area contributed by atoms with Crippen molar-refractivity contribution in [2.24, 2.45) is 0 Å². The Kier molecular flexibility index (Phi) is 19.7. The van der Waals surface area contributed by atoms with Crippen LogP contribution in [0.3, 0.4) is 0 Å². The highest BCUT2D eigenvalue weighted by molar-refractivity contribution is 6.99. The monoisotopic (exact) mass is 673 g/mol. The van der Waals surface area contributed by atoms with E-state index in [0.717, 1.165) is 25.7 Å². The van der Waals surface area contributed by atoms with Crippen LogP contribution >= 0.6 is 0 Å². The van der Waals surface area contributed by atoms with Crippen LogP contribution < -0.4 is 10.4 Å². The molecule has 0 amide bonds. The van der Waals surface area contributed by atoms with Crippen molar-refractivity contribution in [1.29, 1.82) is 0 Å². The lowest BCUT2D eigenvalue weighted by molar-refractivity contribution is -0.160. The Morgan fingerprint density at radius 3 is 1.96 bits per heavy atom. The SMILES string of the molecule is COCCCCCC(=O)OCC(CN(C)CCOCCO[Si](c1ccccc1)(c1ccccc1)C(C)(C)C)OC(=O)CCCCCO. The number of esters is 2. The first kappa shape index (κ1) is 40.6. The fourth-order valence-electron chi connectivity index (χ4n) is 5.65. The largest absolute Gasteiger partial charge is 0.462 e. The molecule has 0 saturated heterocycles. The van der Waals surface area contributed by atoms with Gasteiger partial charge in [-0.15, -0.1) is 0 Å². The topological polar surface area (TPSA) is 104 Å². The molecular weight excluding hydrogens is 614 g/mol. The van der Waals surface area contributed by atoms with Crippen LogP contribution in [-0.2, 0) is 33.0 Å². The fraction of sp³-hybridized carbons (Fsp3) is 0.622. The van der Waals surface area contributed by atoms with Crippen LogP contribution in [0.2, 0.25) is 5.04 Å². The van der Waals surface area contributed by atoms with E-state index >= 15 is 0 Å². The minimum atomic E-state index is -2.62. The number of carbonyl (C=O) groups is 2. The molecule has 0 aliphatic carbocycles. The number of hydrogen-bond donors (Lipinski definition) is 1. The Morgan fingerprint density at radius 1 is 0.787 bits per heavy atom. The van der Waals surface area contributed by atoms with Crippen molar-refractivity contribution in [3.63, 3.8) is 0 Å². The Bertz CT molecular complexity index is 1070. The van der Waals surface area contributed by atoms with E-state index in [0.29, 0.717) is 58.8 Å². The first-order valence-electron chi connectivity index (χ1n) is 17.1. The zero-order valence-corrected chi connectivity index (χ0v) is 30.4. The van der Waals surface area contributed by atoms with Crippen molar-refractivity contribution in [3.8, 4) is 0 Å². The molecule has 2 aromatic rings. The summed E-state index contributed by atoms with van der Waals surface area (Å²) in [6.45, 7) is 9.98. The number of hydrogen-bond acceptors (Lipinski definition) is 9. The smallest absolute Gasteiger partial charge is 0.306 e. The third-order valence-corrected chi connectivity index (χ3v) is 13.1. The van der Waals surface area contributed by atoms with Crippen LogP contribution in [0.5, 0.6) is 0 Å². The number of rotatable bonds is 25. The predicted molar refractivity (Wildman–Crippen MR) is 189 cm³/mol. The highest BCUT2D eigenvalue weighted by Gasteiger charge is 2.50. The second kappa shape index (κ2) is 22.9. The lowest BCUT2D eigenvalue weighted by Crippen LogP contribution is -2.66. The molecule has 0 saturated carbocycles. The highest BCUT2D eigenvalue weighted by atomic mass is 28.4. The summed E-state index contributed by atoms with van der Waals surface area (Å²) in [5.41, 5.74) is 0. The normalized spacial score (nSPS) is 12.7. The van der Waals surface area contributed by atoms with E-state index in [1.54, 1.807) is 7.11 Å².